The first kappa shape index (κ1) is 11.0. The molecular weight excluding hydrogens is 232 g/mol. The van der Waals surface area contributed by atoms with Gasteiger partial charge in [-0.2, -0.15) is 0 Å². The molecule has 1 aliphatic heterocycles. The van der Waals surface area contributed by atoms with E-state index in [4.69, 9.17) is 19.7 Å². The van der Waals surface area contributed by atoms with Crippen LogP contribution in [-0.2, 0) is 6.42 Å². The number of rotatable bonds is 2. The van der Waals surface area contributed by atoms with Crippen molar-refractivity contribution in [3.05, 3.63) is 35.5 Å². The summed E-state index contributed by atoms with van der Waals surface area (Å²) in [4.78, 5) is 0. The Balaban J connectivity index is 1.83. The lowest BCUT2D eigenvalue weighted by Gasteiger charge is -2.08. The molecule has 1 aliphatic rings. The maximum atomic E-state index is 5.64. The van der Waals surface area contributed by atoms with E-state index < -0.39 is 0 Å². The third kappa shape index (κ3) is 2.25. The van der Waals surface area contributed by atoms with Crippen molar-refractivity contribution in [3.8, 4) is 11.5 Å². The summed E-state index contributed by atoms with van der Waals surface area (Å²) in [5.74, 6) is 1.93. The van der Waals surface area contributed by atoms with Gasteiger partial charge in [-0.3, -0.25) is 0 Å². The van der Waals surface area contributed by atoms with E-state index in [1.165, 1.54) is 0 Å². The molecule has 5 heteroatoms. The number of hydrogen-bond donors (Lipinski definition) is 1. The molecule has 0 aliphatic carbocycles. The van der Waals surface area contributed by atoms with Gasteiger partial charge in [0.2, 0.25) is 5.88 Å². The summed E-state index contributed by atoms with van der Waals surface area (Å²) in [6, 6.07) is 7.63. The first-order valence-electron chi connectivity index (χ1n) is 5.91. The Kier molecular flexibility index (Phi) is 2.80. The molecule has 0 bridgehead atoms. The van der Waals surface area contributed by atoms with Crippen molar-refractivity contribution >= 4 is 5.88 Å². The van der Waals surface area contributed by atoms with Gasteiger partial charge >= 0.3 is 0 Å². The van der Waals surface area contributed by atoms with Crippen molar-refractivity contribution in [1.82, 2.24) is 5.16 Å². The Morgan fingerprint density at radius 3 is 2.72 bits per heavy atom. The van der Waals surface area contributed by atoms with Crippen LogP contribution in [0, 0.1) is 0 Å². The van der Waals surface area contributed by atoms with Crippen molar-refractivity contribution in [2.75, 3.05) is 18.9 Å². The third-order valence-corrected chi connectivity index (χ3v) is 2.77. The van der Waals surface area contributed by atoms with Gasteiger partial charge in [0.05, 0.1) is 18.9 Å². The second kappa shape index (κ2) is 4.60. The Hall–Kier alpha value is -2.17. The lowest BCUT2D eigenvalue weighted by atomic mass is 10.1. The average molecular weight is 246 g/mol. The fraction of sp³-hybridized carbons (Fsp3) is 0.308. The molecule has 5 nitrogen and oxygen atoms in total. The SMILES string of the molecule is Nc1cc(Cc2ccc3c(c2)OCCCO3)no1. The van der Waals surface area contributed by atoms with E-state index in [2.05, 4.69) is 5.16 Å². The van der Waals surface area contributed by atoms with Crippen molar-refractivity contribution in [2.45, 2.75) is 12.8 Å². The second-order valence-corrected chi connectivity index (χ2v) is 4.23. The van der Waals surface area contributed by atoms with E-state index in [1.807, 2.05) is 18.2 Å². The van der Waals surface area contributed by atoms with Gasteiger partial charge < -0.3 is 19.7 Å². The molecule has 0 amide bonds. The van der Waals surface area contributed by atoms with E-state index >= 15 is 0 Å². The lowest BCUT2D eigenvalue weighted by Crippen LogP contribution is -1.97. The van der Waals surface area contributed by atoms with Crippen LogP contribution in [0.25, 0.3) is 0 Å². The zero-order valence-electron chi connectivity index (χ0n) is 9.89. The van der Waals surface area contributed by atoms with E-state index in [1.54, 1.807) is 6.07 Å². The molecule has 1 aromatic carbocycles. The van der Waals surface area contributed by atoms with Gasteiger partial charge in [0, 0.05) is 18.9 Å². The van der Waals surface area contributed by atoms with Gasteiger partial charge in [-0.05, 0) is 17.7 Å². The van der Waals surface area contributed by atoms with Crippen LogP contribution in [0.15, 0.2) is 28.8 Å². The Morgan fingerprint density at radius 1 is 1.11 bits per heavy atom. The second-order valence-electron chi connectivity index (χ2n) is 4.23. The summed E-state index contributed by atoms with van der Waals surface area (Å²) in [6.45, 7) is 1.39. The Labute approximate surface area is 104 Å². The number of benzene rings is 1. The Morgan fingerprint density at radius 2 is 1.94 bits per heavy atom. The largest absolute Gasteiger partial charge is 0.490 e. The first-order chi connectivity index (χ1) is 8.81. The van der Waals surface area contributed by atoms with Crippen molar-refractivity contribution < 1.29 is 14.0 Å². The fourth-order valence-corrected chi connectivity index (χ4v) is 1.94. The van der Waals surface area contributed by atoms with Gasteiger partial charge in [-0.15, -0.1) is 0 Å². The van der Waals surface area contributed by atoms with Crippen LogP contribution in [0.3, 0.4) is 0 Å². The predicted octanol–water partition coefficient (Wildman–Crippen LogP) is 2.01. The number of ether oxygens (including phenoxy) is 2. The van der Waals surface area contributed by atoms with Crippen LogP contribution in [0.5, 0.6) is 11.5 Å². The van der Waals surface area contributed by atoms with Gasteiger partial charge in [-0.25, -0.2) is 0 Å². The predicted molar refractivity (Wildman–Crippen MR) is 65.8 cm³/mol. The standard InChI is InChI=1S/C13H14N2O3/c14-13-8-10(15-18-13)6-9-2-3-11-12(7-9)17-5-1-4-16-11/h2-3,7-8H,1,4-6,14H2. The van der Waals surface area contributed by atoms with Gasteiger partial charge in [0.15, 0.2) is 11.5 Å². The van der Waals surface area contributed by atoms with E-state index in [9.17, 15) is 0 Å². The topological polar surface area (TPSA) is 70.5 Å². The zero-order chi connectivity index (χ0) is 12.4. The zero-order valence-corrected chi connectivity index (χ0v) is 9.89. The lowest BCUT2D eigenvalue weighted by molar-refractivity contribution is 0.297. The molecule has 0 radical (unpaired) electrons. The van der Waals surface area contributed by atoms with Crippen LogP contribution in [0.4, 0.5) is 5.88 Å². The number of nitrogen functional groups attached to an aromatic ring is 1. The van der Waals surface area contributed by atoms with E-state index in [-0.39, 0.29) is 0 Å². The first-order valence-corrected chi connectivity index (χ1v) is 5.91. The monoisotopic (exact) mass is 246 g/mol. The smallest absolute Gasteiger partial charge is 0.222 e. The van der Waals surface area contributed by atoms with Gasteiger partial charge in [0.25, 0.3) is 0 Å². The van der Waals surface area contributed by atoms with Crippen LogP contribution >= 0.6 is 0 Å². The summed E-state index contributed by atoms with van der Waals surface area (Å²) in [6.07, 6.45) is 1.57. The number of aromatic nitrogens is 1. The molecule has 1 aromatic heterocycles. The van der Waals surface area contributed by atoms with E-state index in [0.29, 0.717) is 25.5 Å². The minimum absolute atomic E-state index is 0.333. The van der Waals surface area contributed by atoms with Gasteiger partial charge in [-0.1, -0.05) is 11.2 Å². The summed E-state index contributed by atoms with van der Waals surface area (Å²) in [5.41, 5.74) is 7.39. The van der Waals surface area contributed by atoms with Crippen LogP contribution in [-0.4, -0.2) is 18.4 Å². The van der Waals surface area contributed by atoms with Crippen molar-refractivity contribution in [2.24, 2.45) is 0 Å². The summed E-state index contributed by atoms with van der Waals surface area (Å²) in [5, 5.41) is 3.87. The molecule has 2 heterocycles. The number of anilines is 1. The highest BCUT2D eigenvalue weighted by Gasteiger charge is 2.11. The maximum absolute atomic E-state index is 5.64. The van der Waals surface area contributed by atoms with Crippen molar-refractivity contribution in [3.63, 3.8) is 0 Å². The molecule has 0 saturated carbocycles. The maximum Gasteiger partial charge on any atom is 0.222 e. The molecule has 18 heavy (non-hydrogen) atoms. The summed E-state index contributed by atoms with van der Waals surface area (Å²) >= 11 is 0. The minimum Gasteiger partial charge on any atom is -0.490 e. The van der Waals surface area contributed by atoms with Crippen LogP contribution in [0.2, 0.25) is 0 Å². The molecule has 0 saturated heterocycles. The summed E-state index contributed by atoms with van der Waals surface area (Å²) in [7, 11) is 0. The van der Waals surface area contributed by atoms with Crippen LogP contribution in [0.1, 0.15) is 17.7 Å². The molecule has 2 aromatic rings. The van der Waals surface area contributed by atoms with E-state index in [0.717, 1.165) is 29.2 Å². The molecule has 0 atom stereocenters. The minimum atomic E-state index is 0.333. The summed E-state index contributed by atoms with van der Waals surface area (Å²) < 4.78 is 16.1. The quantitative estimate of drug-likeness (QED) is 0.877. The number of hydrogen-bond acceptors (Lipinski definition) is 5. The fourth-order valence-electron chi connectivity index (χ4n) is 1.94. The third-order valence-electron chi connectivity index (χ3n) is 2.77. The highest BCUT2D eigenvalue weighted by Crippen LogP contribution is 2.31. The number of fused-ring (bicyclic) bond motifs is 1. The average Bonchev–Trinajstić information content (AvgIpc) is 2.64. The normalized spacial score (nSPS) is 14.2. The molecular formula is C13H14N2O3. The van der Waals surface area contributed by atoms with Gasteiger partial charge in [0.1, 0.15) is 0 Å². The molecule has 0 spiro atoms. The highest BCUT2D eigenvalue weighted by atomic mass is 16.5. The molecule has 2 N–H and O–H groups in total. The molecule has 3 rings (SSSR count). The molecule has 0 unspecified atom stereocenters. The van der Waals surface area contributed by atoms with Crippen molar-refractivity contribution in [1.29, 1.82) is 0 Å². The van der Waals surface area contributed by atoms with Crippen LogP contribution < -0.4 is 15.2 Å². The Bertz CT molecular complexity index is 551. The molecule has 94 valence electrons. The number of nitrogens with two attached hydrogens (primary N) is 1. The molecule has 0 fully saturated rings. The highest BCUT2D eigenvalue weighted by molar-refractivity contribution is 5.44. The number of nitrogens with zero attached hydrogens (tertiary/aromatic N) is 1.